The lowest BCUT2D eigenvalue weighted by atomic mass is 9.79. The van der Waals surface area contributed by atoms with E-state index < -0.39 is 0 Å². The first-order chi connectivity index (χ1) is 30.0. The molecule has 288 valence electrons. The second-order valence-corrected chi connectivity index (χ2v) is 17.9. The van der Waals surface area contributed by atoms with Gasteiger partial charge in [-0.1, -0.05) is 178 Å². The van der Waals surface area contributed by atoms with Crippen LogP contribution in [-0.4, -0.2) is 0 Å². The van der Waals surface area contributed by atoms with Crippen LogP contribution in [0.25, 0.3) is 86.2 Å². The maximum Gasteiger partial charge on any atom is 0.0546 e. The van der Waals surface area contributed by atoms with E-state index in [2.05, 4.69) is 231 Å². The molecule has 1 nitrogen and oxygen atoms in total. The molecule has 0 spiro atoms. The average molecular weight is 796 g/mol. The van der Waals surface area contributed by atoms with Crippen molar-refractivity contribution in [2.75, 3.05) is 4.90 Å². The highest BCUT2D eigenvalue weighted by Gasteiger charge is 2.37. The Morgan fingerprint density at radius 2 is 1.05 bits per heavy atom. The molecule has 0 atom stereocenters. The van der Waals surface area contributed by atoms with E-state index in [4.69, 9.17) is 0 Å². The summed E-state index contributed by atoms with van der Waals surface area (Å²) in [7, 11) is 0. The number of hydrogen-bond donors (Lipinski definition) is 0. The first-order valence-electron chi connectivity index (χ1n) is 21.2. The Bertz CT molecular complexity index is 3520. The monoisotopic (exact) mass is 795 g/mol. The molecule has 12 rings (SSSR count). The molecule has 1 aliphatic carbocycles. The number of hydrogen-bond acceptors (Lipinski definition) is 2. The van der Waals surface area contributed by atoms with Crippen molar-refractivity contribution in [3.8, 4) is 44.5 Å². The van der Waals surface area contributed by atoms with Gasteiger partial charge in [0.05, 0.1) is 5.69 Å². The molecule has 0 unspecified atom stereocenters. The Balaban J connectivity index is 1.09. The number of anilines is 3. The minimum atomic E-state index is -0.128. The van der Waals surface area contributed by atoms with Crippen molar-refractivity contribution in [3.63, 3.8) is 0 Å². The zero-order valence-electron chi connectivity index (χ0n) is 34.1. The molecule has 0 N–H and O–H groups in total. The van der Waals surface area contributed by atoms with Crippen LogP contribution in [-0.2, 0) is 5.41 Å². The maximum absolute atomic E-state index is 2.46. The van der Waals surface area contributed by atoms with Crippen LogP contribution in [0.2, 0.25) is 0 Å². The molecule has 2 heteroatoms. The summed E-state index contributed by atoms with van der Waals surface area (Å²) in [5, 5.41) is 7.66. The van der Waals surface area contributed by atoms with Crippen molar-refractivity contribution in [2.45, 2.75) is 19.3 Å². The van der Waals surface area contributed by atoms with Crippen molar-refractivity contribution in [2.24, 2.45) is 0 Å². The van der Waals surface area contributed by atoms with E-state index in [9.17, 15) is 0 Å². The third-order valence-corrected chi connectivity index (χ3v) is 14.2. The van der Waals surface area contributed by atoms with Crippen LogP contribution in [0.5, 0.6) is 0 Å². The first kappa shape index (κ1) is 35.7. The summed E-state index contributed by atoms with van der Waals surface area (Å²) in [5.41, 5.74) is 15.9. The van der Waals surface area contributed by atoms with E-state index in [-0.39, 0.29) is 5.41 Å². The van der Waals surface area contributed by atoms with Crippen LogP contribution in [0, 0.1) is 0 Å². The van der Waals surface area contributed by atoms with Crippen molar-refractivity contribution in [3.05, 3.63) is 223 Å². The molecular weight excluding hydrogens is 755 g/mol. The summed E-state index contributed by atoms with van der Waals surface area (Å²) in [6.45, 7) is 4.75. The number of para-hydroxylation sites is 1. The molecule has 61 heavy (non-hydrogen) atoms. The second kappa shape index (κ2) is 13.9. The predicted octanol–water partition coefficient (Wildman–Crippen LogP) is 17.1. The number of nitrogens with zero attached hydrogens (tertiary/aromatic N) is 1. The van der Waals surface area contributed by atoms with Crippen molar-refractivity contribution in [1.29, 1.82) is 0 Å². The Morgan fingerprint density at radius 1 is 0.393 bits per heavy atom. The summed E-state index contributed by atoms with van der Waals surface area (Å²) in [6.07, 6.45) is 0. The van der Waals surface area contributed by atoms with Gasteiger partial charge in [-0.3, -0.25) is 0 Å². The van der Waals surface area contributed by atoms with Crippen LogP contribution in [0.15, 0.2) is 212 Å². The van der Waals surface area contributed by atoms with Crippen LogP contribution in [0.1, 0.15) is 25.0 Å². The van der Waals surface area contributed by atoms with E-state index in [1.807, 2.05) is 11.3 Å². The first-order valence-corrected chi connectivity index (χ1v) is 22.0. The topological polar surface area (TPSA) is 3.24 Å². The van der Waals surface area contributed by atoms with Crippen molar-refractivity contribution in [1.82, 2.24) is 0 Å². The Morgan fingerprint density at radius 3 is 1.95 bits per heavy atom. The van der Waals surface area contributed by atoms with Crippen LogP contribution in [0.4, 0.5) is 17.1 Å². The van der Waals surface area contributed by atoms with E-state index in [0.717, 1.165) is 17.1 Å². The molecule has 0 bridgehead atoms. The maximum atomic E-state index is 2.46. The molecule has 1 aliphatic rings. The lowest BCUT2D eigenvalue weighted by molar-refractivity contribution is 0.662. The van der Waals surface area contributed by atoms with E-state index in [1.54, 1.807) is 0 Å². The number of fused-ring (bicyclic) bond motifs is 9. The summed E-state index contributed by atoms with van der Waals surface area (Å²) in [5.74, 6) is 0. The smallest absolute Gasteiger partial charge is 0.0546 e. The van der Waals surface area contributed by atoms with E-state index >= 15 is 0 Å². The third kappa shape index (κ3) is 5.67. The predicted molar refractivity (Wildman–Crippen MR) is 263 cm³/mol. The van der Waals surface area contributed by atoms with Gasteiger partial charge in [-0.25, -0.2) is 0 Å². The lowest BCUT2D eigenvalue weighted by Gasteiger charge is -2.30. The standard InChI is InChI=1S/C59H41NS/c1-59(2)53-27-11-10-23-49(53)50-26-13-25-47(57(50)59)41-18-12-21-45(36-41)60(44-19-4-3-5-20-44)54-28-14-24-46(56(54)43-30-29-38-15-6-7-17-40(38)35-43)42-32-34-55-52(37-42)51-33-31-39-16-8-9-22-48(39)58(51)61-55/h3-37H,1-2H3. The number of benzene rings is 10. The molecule has 1 aromatic heterocycles. The SMILES string of the molecule is CC1(C)c2ccccc2-c2cccc(-c3cccc(N(c4ccccc4)c4cccc(-c5ccc6sc7c8ccccc8ccc7c6c5)c4-c4ccc5ccccc5c4)c3)c21. The fourth-order valence-electron chi connectivity index (χ4n) is 10.2. The molecule has 1 heterocycles. The molecule has 0 fully saturated rings. The molecular formula is C59H41NS. The van der Waals surface area contributed by atoms with Gasteiger partial charge in [-0.05, 0) is 120 Å². The van der Waals surface area contributed by atoms with Gasteiger partial charge in [0, 0.05) is 42.5 Å². The molecule has 0 radical (unpaired) electrons. The highest BCUT2D eigenvalue weighted by molar-refractivity contribution is 7.26. The minimum absolute atomic E-state index is 0.128. The van der Waals surface area contributed by atoms with Crippen LogP contribution >= 0.6 is 11.3 Å². The molecule has 0 saturated heterocycles. The summed E-state index contributed by atoms with van der Waals surface area (Å²) in [4.78, 5) is 2.46. The van der Waals surface area contributed by atoms with E-state index in [0.29, 0.717) is 0 Å². The van der Waals surface area contributed by atoms with Gasteiger partial charge in [-0.2, -0.15) is 0 Å². The highest BCUT2D eigenvalue weighted by Crippen LogP contribution is 2.53. The van der Waals surface area contributed by atoms with Gasteiger partial charge < -0.3 is 4.90 Å². The lowest BCUT2D eigenvalue weighted by Crippen LogP contribution is -2.16. The molecule has 0 saturated carbocycles. The Kier molecular flexibility index (Phi) is 8.13. The summed E-state index contributed by atoms with van der Waals surface area (Å²) >= 11 is 1.89. The van der Waals surface area contributed by atoms with Gasteiger partial charge in [0.2, 0.25) is 0 Å². The molecule has 0 aliphatic heterocycles. The largest absolute Gasteiger partial charge is 0.310 e. The van der Waals surface area contributed by atoms with Gasteiger partial charge in [0.15, 0.2) is 0 Å². The molecule has 11 aromatic rings. The third-order valence-electron chi connectivity index (χ3n) is 13.0. The second-order valence-electron chi connectivity index (χ2n) is 16.9. The normalized spacial score (nSPS) is 12.9. The Labute approximate surface area is 360 Å². The zero-order chi connectivity index (χ0) is 40.7. The zero-order valence-corrected chi connectivity index (χ0v) is 34.9. The van der Waals surface area contributed by atoms with Gasteiger partial charge >= 0.3 is 0 Å². The quantitative estimate of drug-likeness (QED) is 0.162. The number of rotatable bonds is 6. The Hall–Kier alpha value is -7.26. The van der Waals surface area contributed by atoms with Crippen LogP contribution < -0.4 is 4.90 Å². The summed E-state index contributed by atoms with van der Waals surface area (Å²) in [6, 6.07) is 78.7. The molecule has 10 aromatic carbocycles. The molecule has 0 amide bonds. The van der Waals surface area contributed by atoms with Crippen LogP contribution in [0.3, 0.4) is 0 Å². The van der Waals surface area contributed by atoms with E-state index in [1.165, 1.54) is 97.4 Å². The van der Waals surface area contributed by atoms with Crippen molar-refractivity contribution < 1.29 is 0 Å². The van der Waals surface area contributed by atoms with Gasteiger partial charge in [0.1, 0.15) is 0 Å². The van der Waals surface area contributed by atoms with Gasteiger partial charge in [0.25, 0.3) is 0 Å². The highest BCUT2D eigenvalue weighted by atomic mass is 32.1. The van der Waals surface area contributed by atoms with Gasteiger partial charge in [-0.15, -0.1) is 11.3 Å². The number of thiophene rings is 1. The summed E-state index contributed by atoms with van der Waals surface area (Å²) < 4.78 is 2.65. The minimum Gasteiger partial charge on any atom is -0.310 e. The van der Waals surface area contributed by atoms with Crippen molar-refractivity contribution >= 4 is 70.1 Å². The fourth-order valence-corrected chi connectivity index (χ4v) is 11.4. The fraction of sp³-hybridized carbons (Fsp3) is 0.0508. The average Bonchev–Trinajstić information content (AvgIpc) is 3.81.